The molecule has 0 saturated heterocycles. The van der Waals surface area contributed by atoms with Gasteiger partial charge >= 0.3 is 6.09 Å². The highest BCUT2D eigenvalue weighted by atomic mass is 16.4. The van der Waals surface area contributed by atoms with Crippen molar-refractivity contribution in [2.45, 2.75) is 44.6 Å². The summed E-state index contributed by atoms with van der Waals surface area (Å²) in [4.78, 5) is 28.0. The fraction of sp³-hybridized carbons (Fsp3) is 0.321. The molecule has 4 aromatic rings. The standard InChI is InChI=1S/C28H27N7O2/c36-27(37)32-24-19-6-2-1-5-18(19)15-28(24)11-9-17(10-12-28)21-16-30-23-25(31-21)33-34-26(23)35-14-4-7-20-22(35)8-3-13-29-20/h1-3,5-6,8-9,13,16,24,32H,4,7,10-12,14-15H2,(H,36,37)(H,31,33,34)/t24-,28-/m1/s1. The number of anilines is 2. The minimum Gasteiger partial charge on any atom is -0.465 e. The average molecular weight is 494 g/mol. The van der Waals surface area contributed by atoms with Gasteiger partial charge in [-0.05, 0) is 67.4 Å². The van der Waals surface area contributed by atoms with Crippen LogP contribution in [0.25, 0.3) is 16.7 Å². The highest BCUT2D eigenvalue weighted by molar-refractivity contribution is 5.87. The first-order chi connectivity index (χ1) is 18.1. The Morgan fingerprint density at radius 1 is 1.16 bits per heavy atom. The van der Waals surface area contributed by atoms with Gasteiger partial charge in [0.15, 0.2) is 17.0 Å². The van der Waals surface area contributed by atoms with Crippen LogP contribution in [0, 0.1) is 5.41 Å². The third-order valence-corrected chi connectivity index (χ3v) is 8.22. The number of aryl methyl sites for hydroxylation is 1. The molecule has 9 heteroatoms. The predicted octanol–water partition coefficient (Wildman–Crippen LogP) is 4.95. The number of aromatic nitrogens is 5. The van der Waals surface area contributed by atoms with Crippen molar-refractivity contribution in [2.24, 2.45) is 5.41 Å². The van der Waals surface area contributed by atoms with Crippen LogP contribution >= 0.6 is 0 Å². The van der Waals surface area contributed by atoms with Gasteiger partial charge in [0, 0.05) is 18.2 Å². The Morgan fingerprint density at radius 3 is 2.95 bits per heavy atom. The van der Waals surface area contributed by atoms with Gasteiger partial charge in [-0.25, -0.2) is 14.8 Å². The first kappa shape index (κ1) is 22.0. The molecular weight excluding hydrogens is 466 g/mol. The molecule has 186 valence electrons. The molecule has 3 N–H and O–H groups in total. The zero-order valence-corrected chi connectivity index (χ0v) is 20.3. The van der Waals surface area contributed by atoms with Crippen LogP contribution in [0.2, 0.25) is 0 Å². The summed E-state index contributed by atoms with van der Waals surface area (Å²) in [5, 5.41) is 20.0. The van der Waals surface area contributed by atoms with Crippen LogP contribution in [0.5, 0.6) is 0 Å². The lowest BCUT2D eigenvalue weighted by molar-refractivity contribution is 0.156. The van der Waals surface area contributed by atoms with Gasteiger partial charge < -0.3 is 15.3 Å². The van der Waals surface area contributed by atoms with E-state index in [0.717, 1.165) is 84.6 Å². The quantitative estimate of drug-likeness (QED) is 0.369. The molecular formula is C28H27N7O2. The number of hydrogen-bond acceptors (Lipinski definition) is 6. The smallest absolute Gasteiger partial charge is 0.405 e. The lowest BCUT2D eigenvalue weighted by Gasteiger charge is -2.38. The van der Waals surface area contributed by atoms with E-state index >= 15 is 0 Å². The Labute approximate surface area is 213 Å². The predicted molar refractivity (Wildman–Crippen MR) is 140 cm³/mol. The van der Waals surface area contributed by atoms with Crippen LogP contribution in [-0.2, 0) is 12.8 Å². The molecule has 3 aromatic heterocycles. The SMILES string of the molecule is O=C(O)N[C@@H]1c2ccccc2C[C@]12CC=C(c1cnc3c(N4CCCc5ncccc54)n[nH]c3n1)CC2. The highest BCUT2D eigenvalue weighted by Crippen LogP contribution is 2.54. The van der Waals surface area contributed by atoms with Crippen LogP contribution in [0.4, 0.5) is 16.3 Å². The number of allylic oxidation sites excluding steroid dienone is 2. The number of carboxylic acid groups (broad SMARTS) is 1. The van der Waals surface area contributed by atoms with Gasteiger partial charge in [-0.2, -0.15) is 5.10 Å². The monoisotopic (exact) mass is 493 g/mol. The second-order valence-corrected chi connectivity index (χ2v) is 10.3. The Kier molecular flexibility index (Phi) is 4.99. The first-order valence-corrected chi connectivity index (χ1v) is 12.8. The van der Waals surface area contributed by atoms with Crippen molar-refractivity contribution in [3.8, 4) is 0 Å². The molecule has 0 fully saturated rings. The topological polar surface area (TPSA) is 120 Å². The summed E-state index contributed by atoms with van der Waals surface area (Å²) in [5.74, 6) is 0.783. The van der Waals surface area contributed by atoms with Gasteiger partial charge in [0.1, 0.15) is 0 Å². The maximum atomic E-state index is 11.6. The molecule has 4 heterocycles. The molecule has 37 heavy (non-hydrogen) atoms. The van der Waals surface area contributed by atoms with E-state index in [4.69, 9.17) is 9.97 Å². The maximum absolute atomic E-state index is 11.6. The number of amides is 1. The van der Waals surface area contributed by atoms with Crippen molar-refractivity contribution in [3.63, 3.8) is 0 Å². The number of rotatable bonds is 3. The molecule has 1 aromatic carbocycles. The summed E-state index contributed by atoms with van der Waals surface area (Å²) in [6.45, 7) is 0.864. The van der Waals surface area contributed by atoms with Crippen LogP contribution in [0.15, 0.2) is 54.9 Å². The first-order valence-electron chi connectivity index (χ1n) is 12.8. The number of carbonyl (C=O) groups is 1. The van der Waals surface area contributed by atoms with Crippen LogP contribution in [-0.4, -0.2) is 42.9 Å². The van der Waals surface area contributed by atoms with Crippen LogP contribution in [0.1, 0.15) is 54.2 Å². The average Bonchev–Trinajstić information content (AvgIpc) is 3.47. The summed E-state index contributed by atoms with van der Waals surface area (Å²) in [5.41, 5.74) is 7.76. The van der Waals surface area contributed by atoms with E-state index in [0.29, 0.717) is 5.65 Å². The van der Waals surface area contributed by atoms with Gasteiger partial charge in [-0.3, -0.25) is 10.1 Å². The summed E-state index contributed by atoms with van der Waals surface area (Å²) in [6.07, 6.45) is 10.3. The van der Waals surface area contributed by atoms with E-state index in [-0.39, 0.29) is 11.5 Å². The summed E-state index contributed by atoms with van der Waals surface area (Å²) < 4.78 is 0. The summed E-state index contributed by atoms with van der Waals surface area (Å²) in [6, 6.07) is 12.0. The molecule has 0 bridgehead atoms. The normalized spacial score (nSPS) is 22.5. The molecule has 1 amide bonds. The van der Waals surface area contributed by atoms with Gasteiger partial charge in [0.05, 0.1) is 29.3 Å². The molecule has 0 saturated carbocycles. The molecule has 1 spiro atoms. The van der Waals surface area contributed by atoms with Crippen molar-refractivity contribution in [2.75, 3.05) is 11.4 Å². The van der Waals surface area contributed by atoms with Gasteiger partial charge in [0.25, 0.3) is 0 Å². The molecule has 7 rings (SSSR count). The minimum absolute atomic E-state index is 0.153. The number of nitrogens with one attached hydrogen (secondary N) is 2. The molecule has 3 aliphatic rings. The van der Waals surface area contributed by atoms with Crippen molar-refractivity contribution in [3.05, 3.63) is 77.4 Å². The van der Waals surface area contributed by atoms with Crippen molar-refractivity contribution in [1.29, 1.82) is 0 Å². The second-order valence-electron chi connectivity index (χ2n) is 10.3. The number of benzene rings is 1. The van der Waals surface area contributed by atoms with Crippen molar-refractivity contribution in [1.82, 2.24) is 30.5 Å². The molecule has 1 aliphatic heterocycles. The number of fused-ring (bicyclic) bond motifs is 3. The van der Waals surface area contributed by atoms with E-state index in [1.165, 1.54) is 5.56 Å². The number of nitrogens with zero attached hydrogens (tertiary/aromatic N) is 5. The van der Waals surface area contributed by atoms with Crippen LogP contribution in [0.3, 0.4) is 0 Å². The Bertz CT molecular complexity index is 1560. The van der Waals surface area contributed by atoms with E-state index in [1.807, 2.05) is 30.6 Å². The minimum atomic E-state index is -0.977. The molecule has 2 aliphatic carbocycles. The maximum Gasteiger partial charge on any atom is 0.405 e. The number of H-pyrrole nitrogens is 1. The fourth-order valence-electron chi connectivity index (χ4n) is 6.46. The number of pyridine rings is 1. The molecule has 0 radical (unpaired) electrons. The van der Waals surface area contributed by atoms with Gasteiger partial charge in [-0.15, -0.1) is 0 Å². The summed E-state index contributed by atoms with van der Waals surface area (Å²) >= 11 is 0. The Hall–Kier alpha value is -4.27. The zero-order chi connectivity index (χ0) is 25.0. The largest absolute Gasteiger partial charge is 0.465 e. The van der Waals surface area contributed by atoms with Gasteiger partial charge in [-0.1, -0.05) is 30.3 Å². The van der Waals surface area contributed by atoms with E-state index in [1.54, 1.807) is 0 Å². The summed E-state index contributed by atoms with van der Waals surface area (Å²) in [7, 11) is 0. The van der Waals surface area contributed by atoms with Crippen molar-refractivity contribution < 1.29 is 9.90 Å². The van der Waals surface area contributed by atoms with E-state index in [2.05, 4.69) is 49.7 Å². The Balaban J connectivity index is 1.18. The lowest BCUT2D eigenvalue weighted by Crippen LogP contribution is -2.39. The second kappa shape index (κ2) is 8.40. The van der Waals surface area contributed by atoms with E-state index < -0.39 is 6.09 Å². The van der Waals surface area contributed by atoms with Gasteiger partial charge in [0.2, 0.25) is 0 Å². The Morgan fingerprint density at radius 2 is 2.08 bits per heavy atom. The fourth-order valence-corrected chi connectivity index (χ4v) is 6.46. The molecule has 0 unspecified atom stereocenters. The third-order valence-electron chi connectivity index (χ3n) is 8.22. The number of aromatic amines is 1. The molecule has 2 atom stereocenters. The van der Waals surface area contributed by atoms with Crippen molar-refractivity contribution >= 4 is 34.3 Å². The highest BCUT2D eigenvalue weighted by Gasteiger charge is 2.47. The van der Waals surface area contributed by atoms with E-state index in [9.17, 15) is 9.90 Å². The van der Waals surface area contributed by atoms with Crippen LogP contribution < -0.4 is 10.2 Å². The third kappa shape index (κ3) is 3.56. The zero-order valence-electron chi connectivity index (χ0n) is 20.3. The molecule has 9 nitrogen and oxygen atoms in total. The number of hydrogen-bond donors (Lipinski definition) is 3. The lowest BCUT2D eigenvalue weighted by atomic mass is 9.70.